The molecule has 0 N–H and O–H groups in total. The van der Waals surface area contributed by atoms with Gasteiger partial charge in [-0.2, -0.15) is 0 Å². The van der Waals surface area contributed by atoms with Crippen LogP contribution in [-0.2, 0) is 28.6 Å². The largest absolute Gasteiger partial charge is 0.462 e. The highest BCUT2D eigenvalue weighted by atomic mass is 16.6. The van der Waals surface area contributed by atoms with Crippen LogP contribution in [0.1, 0.15) is 367 Å². The number of carbonyl (C=O) groups excluding carboxylic acids is 3. The summed E-state index contributed by atoms with van der Waals surface area (Å²) in [5, 5.41) is 0. The summed E-state index contributed by atoms with van der Waals surface area (Å²) in [6.07, 6.45) is 90.7. The van der Waals surface area contributed by atoms with E-state index in [9.17, 15) is 14.4 Å². The monoisotopic (exact) mass is 1130 g/mol. The minimum atomic E-state index is -0.785. The number of esters is 3. The quantitative estimate of drug-likeness (QED) is 0.0261. The van der Waals surface area contributed by atoms with Gasteiger partial charge in [0.25, 0.3) is 0 Å². The Morgan fingerprint density at radius 2 is 0.481 bits per heavy atom. The highest BCUT2D eigenvalue weighted by Gasteiger charge is 2.19. The van der Waals surface area contributed by atoms with Gasteiger partial charge in [-0.05, 0) is 109 Å². The molecule has 0 aromatic heterocycles. The van der Waals surface area contributed by atoms with Crippen molar-refractivity contribution in [1.29, 1.82) is 0 Å². The third-order valence-electron chi connectivity index (χ3n) is 15.7. The van der Waals surface area contributed by atoms with Crippen LogP contribution in [0.15, 0.2) is 72.9 Å². The van der Waals surface area contributed by atoms with Gasteiger partial charge in [-0.25, -0.2) is 0 Å². The van der Waals surface area contributed by atoms with Crippen LogP contribution in [0.5, 0.6) is 0 Å². The van der Waals surface area contributed by atoms with Gasteiger partial charge in [-0.15, -0.1) is 0 Å². The molecule has 6 heteroatoms. The molecule has 0 heterocycles. The van der Waals surface area contributed by atoms with Crippen LogP contribution >= 0.6 is 0 Å². The number of rotatable bonds is 65. The Hall–Kier alpha value is -3.15. The summed E-state index contributed by atoms with van der Waals surface area (Å²) in [6, 6.07) is 0. The maximum atomic E-state index is 13.0. The average molecular weight is 1130 g/mol. The third kappa shape index (κ3) is 67.5. The maximum Gasteiger partial charge on any atom is 0.306 e. The van der Waals surface area contributed by atoms with E-state index in [1.54, 1.807) is 0 Å². The van der Waals surface area contributed by atoms with Gasteiger partial charge in [0, 0.05) is 19.3 Å². The molecule has 0 spiro atoms. The molecule has 1 unspecified atom stereocenters. The molecule has 0 aromatic rings. The molecule has 0 aliphatic heterocycles. The van der Waals surface area contributed by atoms with Gasteiger partial charge < -0.3 is 14.2 Å². The smallest absolute Gasteiger partial charge is 0.306 e. The first-order valence-corrected chi connectivity index (χ1v) is 35.4. The highest BCUT2D eigenvalue weighted by Crippen LogP contribution is 2.18. The Kier molecular flexibility index (Phi) is 66.6. The normalized spacial score (nSPS) is 12.5. The van der Waals surface area contributed by atoms with Crippen molar-refractivity contribution in [3.05, 3.63) is 72.9 Å². The molecule has 0 fully saturated rings. The molecule has 6 nitrogen and oxygen atoms in total. The van der Waals surface area contributed by atoms with E-state index in [-0.39, 0.29) is 31.1 Å². The van der Waals surface area contributed by atoms with E-state index in [0.29, 0.717) is 19.3 Å². The van der Waals surface area contributed by atoms with Crippen molar-refractivity contribution >= 4 is 17.9 Å². The third-order valence-corrected chi connectivity index (χ3v) is 15.7. The molecule has 0 amide bonds. The lowest BCUT2D eigenvalue weighted by Gasteiger charge is -2.18. The van der Waals surface area contributed by atoms with Gasteiger partial charge in [-0.1, -0.05) is 312 Å². The summed E-state index contributed by atoms with van der Waals surface area (Å²) < 4.78 is 17.0. The Morgan fingerprint density at radius 3 is 0.765 bits per heavy atom. The van der Waals surface area contributed by atoms with Crippen molar-refractivity contribution in [3.8, 4) is 0 Å². The number of ether oxygens (including phenoxy) is 3. The molecular weight excluding hydrogens is 997 g/mol. The van der Waals surface area contributed by atoms with Crippen LogP contribution in [0.3, 0.4) is 0 Å². The molecule has 81 heavy (non-hydrogen) atoms. The zero-order chi connectivity index (χ0) is 58.5. The van der Waals surface area contributed by atoms with Crippen molar-refractivity contribution in [2.24, 2.45) is 0 Å². The second kappa shape index (κ2) is 69.3. The van der Waals surface area contributed by atoms with Crippen molar-refractivity contribution in [2.45, 2.75) is 374 Å². The molecule has 0 saturated heterocycles. The van der Waals surface area contributed by atoms with Gasteiger partial charge in [0.1, 0.15) is 13.2 Å². The summed E-state index contributed by atoms with van der Waals surface area (Å²) in [6.45, 7) is 6.56. The number of carbonyl (C=O) groups is 3. The van der Waals surface area contributed by atoms with Crippen LogP contribution < -0.4 is 0 Å². The molecule has 0 aromatic carbocycles. The average Bonchev–Trinajstić information content (AvgIpc) is 3.47. The lowest BCUT2D eigenvalue weighted by atomic mass is 10.0. The zero-order valence-electron chi connectivity index (χ0n) is 54.1. The van der Waals surface area contributed by atoms with Gasteiger partial charge in [0.2, 0.25) is 0 Å². The summed E-state index contributed by atoms with van der Waals surface area (Å²) in [4.78, 5) is 38.4. The summed E-state index contributed by atoms with van der Waals surface area (Å²) in [5.74, 6) is -0.879. The fourth-order valence-electron chi connectivity index (χ4n) is 10.4. The van der Waals surface area contributed by atoms with Crippen molar-refractivity contribution < 1.29 is 28.6 Å². The van der Waals surface area contributed by atoms with E-state index in [2.05, 4.69) is 93.7 Å². The Morgan fingerprint density at radius 1 is 0.259 bits per heavy atom. The van der Waals surface area contributed by atoms with Gasteiger partial charge in [0.05, 0.1) is 0 Å². The molecule has 0 radical (unpaired) electrons. The standard InChI is InChI=1S/C75H134O6/c1-4-7-10-13-16-19-22-25-28-30-32-34-35-36-37-38-39-41-42-44-47-50-53-56-59-62-65-68-74(77)80-71-72(70-79-73(76)67-64-61-58-55-52-49-46-27-24-21-18-15-12-9-6-3)81-75(78)69-66-63-60-57-54-51-48-45-43-40-33-31-29-26-23-20-17-14-11-8-5-2/h9,12,18,21-22,25,27,30-33,46,72H,4-8,10-11,13-17,19-20,23-24,26,28-29,34-45,47-71H2,1-3H3/b12-9-,21-18-,25-22-,32-30-,33-31-,46-27-. The van der Waals surface area contributed by atoms with E-state index in [0.717, 1.165) is 103 Å². The van der Waals surface area contributed by atoms with Crippen LogP contribution in [0.4, 0.5) is 0 Å². The topological polar surface area (TPSA) is 78.9 Å². The zero-order valence-corrected chi connectivity index (χ0v) is 54.1. The van der Waals surface area contributed by atoms with Crippen LogP contribution in [-0.4, -0.2) is 37.2 Å². The van der Waals surface area contributed by atoms with E-state index < -0.39 is 6.10 Å². The molecule has 470 valence electrons. The molecule has 0 saturated carbocycles. The SMILES string of the molecule is CC/C=C\C/C=C\C/C=C\CCCCCCCC(=O)OCC(COC(=O)CCCCCCCCCCCCCCCCC/C=C\C/C=C\CCCCCCC)OC(=O)CCCCCCCCCCC/C=C\CCCCCCCCCC. The molecule has 0 rings (SSSR count). The van der Waals surface area contributed by atoms with Gasteiger partial charge in [-0.3, -0.25) is 14.4 Å². The van der Waals surface area contributed by atoms with Crippen LogP contribution in [0.2, 0.25) is 0 Å². The summed E-state index contributed by atoms with van der Waals surface area (Å²) in [7, 11) is 0. The number of allylic oxidation sites excluding steroid dienone is 12. The second-order valence-electron chi connectivity index (χ2n) is 23.8. The number of unbranched alkanes of at least 4 members (excludes halogenated alkanes) is 42. The molecule has 1 atom stereocenters. The Bertz CT molecular complexity index is 1490. The molecular formula is C75H134O6. The van der Waals surface area contributed by atoms with Gasteiger partial charge >= 0.3 is 17.9 Å². The lowest BCUT2D eigenvalue weighted by Crippen LogP contribution is -2.30. The lowest BCUT2D eigenvalue weighted by molar-refractivity contribution is -0.167. The maximum absolute atomic E-state index is 13.0. The highest BCUT2D eigenvalue weighted by molar-refractivity contribution is 5.71. The summed E-state index contributed by atoms with van der Waals surface area (Å²) >= 11 is 0. The second-order valence-corrected chi connectivity index (χ2v) is 23.8. The van der Waals surface area contributed by atoms with E-state index in [1.807, 2.05) is 0 Å². The Labute approximate surface area is 503 Å². The van der Waals surface area contributed by atoms with E-state index in [1.165, 1.54) is 225 Å². The van der Waals surface area contributed by atoms with E-state index >= 15 is 0 Å². The van der Waals surface area contributed by atoms with Crippen molar-refractivity contribution in [1.82, 2.24) is 0 Å². The first kappa shape index (κ1) is 77.9. The minimum absolute atomic E-state index is 0.0792. The molecule has 0 aliphatic rings. The Balaban J connectivity index is 4.29. The number of hydrogen-bond acceptors (Lipinski definition) is 6. The fourth-order valence-corrected chi connectivity index (χ4v) is 10.4. The molecule has 0 aliphatic carbocycles. The fraction of sp³-hybridized carbons (Fsp3) is 0.800. The van der Waals surface area contributed by atoms with Crippen molar-refractivity contribution in [3.63, 3.8) is 0 Å². The number of hydrogen-bond donors (Lipinski definition) is 0. The van der Waals surface area contributed by atoms with Crippen LogP contribution in [0.25, 0.3) is 0 Å². The van der Waals surface area contributed by atoms with Crippen molar-refractivity contribution in [2.75, 3.05) is 13.2 Å². The first-order valence-electron chi connectivity index (χ1n) is 35.4. The minimum Gasteiger partial charge on any atom is -0.462 e. The van der Waals surface area contributed by atoms with Crippen LogP contribution in [0, 0.1) is 0 Å². The van der Waals surface area contributed by atoms with E-state index in [4.69, 9.17) is 14.2 Å². The molecule has 0 bridgehead atoms. The first-order chi connectivity index (χ1) is 40.0. The predicted molar refractivity (Wildman–Crippen MR) is 353 cm³/mol. The van der Waals surface area contributed by atoms with Gasteiger partial charge in [0.15, 0.2) is 6.10 Å². The predicted octanol–water partition coefficient (Wildman–Crippen LogP) is 24.4. The summed E-state index contributed by atoms with van der Waals surface area (Å²) in [5.41, 5.74) is 0.